The summed E-state index contributed by atoms with van der Waals surface area (Å²) in [6.45, 7) is 0. The molecule has 0 saturated heterocycles. The van der Waals surface area contributed by atoms with Gasteiger partial charge in [-0.1, -0.05) is 109 Å². The number of rotatable bonds is 16. The van der Waals surface area contributed by atoms with Gasteiger partial charge in [0, 0.05) is 81.3 Å². The molecule has 0 atom stereocenters. The number of aryl methyl sites for hydroxylation is 4. The zero-order valence-corrected chi connectivity index (χ0v) is 69.3. The highest BCUT2D eigenvalue weighted by Crippen LogP contribution is 2.54. The minimum absolute atomic E-state index is 0.0549. The number of nitrogens with zero attached hydrogens (tertiary/aromatic N) is 12. The Kier molecular flexibility index (Phi) is 21.9. The zero-order chi connectivity index (χ0) is 91.0. The van der Waals surface area contributed by atoms with Crippen LogP contribution in [0, 0.1) is 5.82 Å². The molecule has 8 aromatic heterocycles. The first-order valence-corrected chi connectivity index (χ1v) is 40.8. The van der Waals surface area contributed by atoms with Crippen molar-refractivity contribution in [3.05, 3.63) is 288 Å². The Morgan fingerprint density at radius 1 is 0.310 bits per heavy atom. The third kappa shape index (κ3) is 16.7. The van der Waals surface area contributed by atoms with Crippen LogP contribution in [-0.4, -0.2) is 82.7 Å². The topological polar surface area (TPSA) is 343 Å². The fourth-order valence-corrected chi connectivity index (χ4v) is 16.6. The number of carbonyl (C=O) groups excluding carboxylic acids is 4. The van der Waals surface area contributed by atoms with Crippen LogP contribution in [0.4, 0.5) is 89.9 Å². The summed E-state index contributed by atoms with van der Waals surface area (Å²) >= 11 is 0. The van der Waals surface area contributed by atoms with E-state index in [2.05, 4.69) is 61.6 Å². The molecular weight excluding hydrogens is 1680 g/mol. The van der Waals surface area contributed by atoms with Gasteiger partial charge in [0.15, 0.2) is 45.9 Å². The molecule has 0 unspecified atom stereocenters. The number of alkyl halides is 9. The van der Waals surface area contributed by atoms with E-state index in [-0.39, 0.29) is 41.5 Å². The Labute approximate surface area is 728 Å². The molecule has 8 aromatic carbocycles. The summed E-state index contributed by atoms with van der Waals surface area (Å²) in [5.74, 6) is -0.272. The lowest BCUT2D eigenvalue weighted by Gasteiger charge is -2.18. The number of nitrogens with two attached hydrogens (primary N) is 4. The average molecular weight is 1760 g/mol. The van der Waals surface area contributed by atoms with Crippen LogP contribution in [0.15, 0.2) is 243 Å². The van der Waals surface area contributed by atoms with E-state index in [4.69, 9.17) is 22.9 Å². The summed E-state index contributed by atoms with van der Waals surface area (Å²) in [7, 11) is 7.12. The van der Waals surface area contributed by atoms with Gasteiger partial charge in [-0.15, -0.1) is 0 Å². The fraction of sp³-hybridized carbons (Fsp3) is 0.200. The van der Waals surface area contributed by atoms with Crippen molar-refractivity contribution in [3.8, 4) is 44.5 Å². The Morgan fingerprint density at radius 2 is 0.581 bits per heavy atom. The summed E-state index contributed by atoms with van der Waals surface area (Å²) in [5, 5.41) is 31.5. The maximum atomic E-state index is 14.4. The quantitative estimate of drug-likeness (QED) is 0.0417. The number of carbonyl (C=O) groups is 4. The van der Waals surface area contributed by atoms with Crippen LogP contribution in [0.2, 0.25) is 0 Å². The fourth-order valence-electron chi connectivity index (χ4n) is 16.6. The lowest BCUT2D eigenvalue weighted by atomic mass is 9.92. The number of amides is 4. The summed E-state index contributed by atoms with van der Waals surface area (Å²) < 4.78 is 138. The van der Waals surface area contributed by atoms with E-state index < -0.39 is 63.2 Å². The van der Waals surface area contributed by atoms with Gasteiger partial charge in [0.1, 0.15) is 5.82 Å². The molecule has 12 N–H and O–H groups in total. The van der Waals surface area contributed by atoms with Gasteiger partial charge in [0.25, 0.3) is 0 Å². The number of benzene rings is 8. The molecule has 24 nitrogen and oxygen atoms in total. The van der Waals surface area contributed by atoms with Crippen LogP contribution in [0.25, 0.3) is 88.6 Å². The molecule has 0 aliphatic heterocycles. The molecule has 4 aliphatic rings. The molecular formula is C95H80F10N20O4. The van der Waals surface area contributed by atoms with E-state index in [0.717, 1.165) is 127 Å². The van der Waals surface area contributed by atoms with Gasteiger partial charge in [-0.25, -0.2) is 43.1 Å². The van der Waals surface area contributed by atoms with Crippen molar-refractivity contribution in [2.24, 2.45) is 28.2 Å². The number of nitrogens with one attached hydrogen (secondary N) is 4. The predicted molar refractivity (Wildman–Crippen MR) is 472 cm³/mol. The molecule has 34 heteroatoms. The number of anilines is 8. The average Bonchev–Trinajstić information content (AvgIpc) is 1.61. The van der Waals surface area contributed by atoms with E-state index in [1.54, 1.807) is 119 Å². The second-order valence-corrected chi connectivity index (χ2v) is 32.4. The summed E-state index contributed by atoms with van der Waals surface area (Å²) in [6.07, 6.45) is -2.19. The van der Waals surface area contributed by atoms with Crippen LogP contribution in [0.3, 0.4) is 0 Å². The number of aromatic nitrogens is 12. The highest BCUT2D eigenvalue weighted by Gasteiger charge is 2.56. The second kappa shape index (κ2) is 32.9. The van der Waals surface area contributed by atoms with E-state index in [1.807, 2.05) is 110 Å². The van der Waals surface area contributed by atoms with Gasteiger partial charge < -0.3 is 44.2 Å². The highest BCUT2D eigenvalue weighted by atomic mass is 19.4. The van der Waals surface area contributed by atoms with Crippen LogP contribution in [0.5, 0.6) is 0 Å². The standard InChI is InChI=1S/C24H19F4N5O.2C24H20F3N5O.C23H21N5O/c1-33-21-19(20(29)32-33)16(8-11-30-21)13-2-5-15(6-3-13)31-22(34)23(9-10-23)17-12-14(24(26,27)28)4-7-18(17)25;1-32-21-19(20(28)31-32)18(10-13-29-21)14-2-8-17(9-3-14)30-22(33)23(11-12-23)15-4-6-16(7-5-15)24(25,26)27;1-32-21-19(20(28)31-32)18(9-12-29-21)14-5-7-17(8-6-14)30-22(33)23(10-11-23)15-3-2-4-16(13-15)24(25,26)27;1-28-21-19(20(24)27-28)18(11-14-25-21)15-7-9-17(10-8-15)26-22(29)23(12-13-23)16-5-3-2-4-6-16/h2-8,11-12H,9-10H2,1H3,(H2,29,32)(H,31,34);2-10,13H,11-12H2,1H3,(H2,28,31)(H,30,33);2-9,12-13H,10-11H2,1H3,(H2,28,31)(H,30,33);2-11,14H,12-13H2,1H3,(H2,24,27)(H,26,29). The summed E-state index contributed by atoms with van der Waals surface area (Å²) in [5.41, 5.74) is 32.4. The van der Waals surface area contributed by atoms with Crippen molar-refractivity contribution in [2.45, 2.75) is 91.6 Å². The molecule has 4 fully saturated rings. The van der Waals surface area contributed by atoms with Gasteiger partial charge in [0.2, 0.25) is 23.6 Å². The molecule has 0 bridgehead atoms. The molecule has 4 amide bonds. The van der Waals surface area contributed by atoms with E-state index in [0.29, 0.717) is 106 Å². The van der Waals surface area contributed by atoms with Crippen LogP contribution in [0.1, 0.15) is 90.3 Å². The molecule has 4 aliphatic carbocycles. The smallest absolute Gasteiger partial charge is 0.382 e. The molecule has 0 radical (unpaired) electrons. The van der Waals surface area contributed by atoms with Gasteiger partial charge in [0.05, 0.1) is 59.9 Å². The number of hydrogen-bond donors (Lipinski definition) is 8. The van der Waals surface area contributed by atoms with Crippen molar-refractivity contribution >= 4 is 114 Å². The highest BCUT2D eigenvalue weighted by molar-refractivity contribution is 6.07. The van der Waals surface area contributed by atoms with E-state index in [9.17, 15) is 63.1 Å². The van der Waals surface area contributed by atoms with Gasteiger partial charge in [-0.2, -0.15) is 59.9 Å². The van der Waals surface area contributed by atoms with E-state index in [1.165, 1.54) is 18.2 Å². The molecule has 8 heterocycles. The van der Waals surface area contributed by atoms with Crippen LogP contribution < -0.4 is 44.2 Å². The van der Waals surface area contributed by atoms with Crippen molar-refractivity contribution in [3.63, 3.8) is 0 Å². The molecule has 129 heavy (non-hydrogen) atoms. The predicted octanol–water partition coefficient (Wildman–Crippen LogP) is 18.7. The maximum Gasteiger partial charge on any atom is 0.416 e. The summed E-state index contributed by atoms with van der Waals surface area (Å²) in [6, 6.07) is 58.7. The number of halogens is 10. The maximum absolute atomic E-state index is 14.4. The molecule has 0 spiro atoms. The Morgan fingerprint density at radius 3 is 0.884 bits per heavy atom. The largest absolute Gasteiger partial charge is 0.416 e. The van der Waals surface area contributed by atoms with Crippen LogP contribution >= 0.6 is 0 Å². The number of fused-ring (bicyclic) bond motifs is 4. The number of hydrogen-bond acceptors (Lipinski definition) is 16. The second-order valence-electron chi connectivity index (χ2n) is 32.4. The van der Waals surface area contributed by atoms with Crippen molar-refractivity contribution < 1.29 is 63.1 Å². The minimum Gasteiger partial charge on any atom is -0.382 e. The van der Waals surface area contributed by atoms with Crippen molar-refractivity contribution in [1.82, 2.24) is 59.1 Å². The lowest BCUT2D eigenvalue weighted by molar-refractivity contribution is -0.138. The van der Waals surface area contributed by atoms with E-state index >= 15 is 0 Å². The molecule has 4 saturated carbocycles. The Balaban J connectivity index is 0.000000121. The third-order valence-electron chi connectivity index (χ3n) is 24.2. The van der Waals surface area contributed by atoms with Gasteiger partial charge in [-0.3, -0.25) is 19.2 Å². The third-order valence-corrected chi connectivity index (χ3v) is 24.2. The Hall–Kier alpha value is -15.4. The van der Waals surface area contributed by atoms with Crippen molar-refractivity contribution in [2.75, 3.05) is 44.2 Å². The first-order valence-electron chi connectivity index (χ1n) is 40.8. The first kappa shape index (κ1) is 85.8. The number of nitrogen functional groups attached to an aromatic ring is 4. The number of pyridine rings is 4. The molecule has 20 rings (SSSR count). The first-order chi connectivity index (χ1) is 61.6. The lowest BCUT2D eigenvalue weighted by Crippen LogP contribution is -2.29. The van der Waals surface area contributed by atoms with Crippen molar-refractivity contribution in [1.29, 1.82) is 0 Å². The Bertz CT molecular complexity index is 7040. The molecule has 16 aromatic rings. The van der Waals surface area contributed by atoms with Crippen LogP contribution in [-0.2, 0) is 87.6 Å². The monoisotopic (exact) mass is 1750 g/mol. The molecule has 654 valence electrons. The van der Waals surface area contributed by atoms with Gasteiger partial charge in [-0.05, 0) is 222 Å². The SMILES string of the molecule is Cn1nc(N)c2c(-c3ccc(NC(=O)C4(c5cc(C(F)(F)F)ccc5F)CC4)cc3)ccnc21.Cn1nc(N)c2c(-c3ccc(NC(=O)C4(c5ccc(C(F)(F)F)cc5)CC4)cc3)ccnc21.Cn1nc(N)c2c(-c3ccc(NC(=O)C4(c5cccc(C(F)(F)F)c5)CC4)cc3)ccnc21.Cn1nc(N)c2c(-c3ccc(NC(=O)C4(c5ccccc5)CC4)cc3)ccnc21. The zero-order valence-electron chi connectivity index (χ0n) is 69.3. The normalized spacial score (nSPS) is 14.8. The van der Waals surface area contributed by atoms with Gasteiger partial charge >= 0.3 is 18.5 Å². The minimum atomic E-state index is -4.62. The summed E-state index contributed by atoms with van der Waals surface area (Å²) in [4.78, 5) is 69.2.